The van der Waals surface area contributed by atoms with Crippen LogP contribution in [0.15, 0.2) is 23.6 Å². The second-order valence-electron chi connectivity index (χ2n) is 6.20. The van der Waals surface area contributed by atoms with E-state index < -0.39 is 24.5 Å². The molecule has 0 aromatic carbocycles. The van der Waals surface area contributed by atoms with E-state index >= 15 is 0 Å². The van der Waals surface area contributed by atoms with E-state index in [2.05, 4.69) is 10.6 Å². The molecule has 7 nitrogen and oxygen atoms in total. The molecule has 26 heavy (non-hydrogen) atoms. The van der Waals surface area contributed by atoms with Crippen LogP contribution in [0.3, 0.4) is 0 Å². The first-order valence-corrected chi connectivity index (χ1v) is 9.12. The van der Waals surface area contributed by atoms with Crippen molar-refractivity contribution in [2.45, 2.75) is 40.3 Å². The molecule has 2 aromatic rings. The molecule has 8 heteroatoms. The molecule has 2 heterocycles. The number of rotatable bonds is 6. The molecule has 0 saturated carbocycles. The maximum atomic E-state index is 12.3. The molecule has 0 bridgehead atoms. The molecule has 3 amide bonds. The maximum Gasteiger partial charge on any atom is 0.340 e. The first-order valence-electron chi connectivity index (χ1n) is 8.24. The Hall–Kier alpha value is -2.61. The lowest BCUT2D eigenvalue weighted by Gasteiger charge is -2.10. The van der Waals surface area contributed by atoms with Gasteiger partial charge in [-0.3, -0.25) is 10.1 Å². The molecule has 0 atom stereocenters. The van der Waals surface area contributed by atoms with E-state index in [0.29, 0.717) is 12.1 Å². The largest absolute Gasteiger partial charge is 0.452 e. The fourth-order valence-electron chi connectivity index (χ4n) is 2.48. The average molecular weight is 377 g/mol. The Balaban J connectivity index is 1.95. The number of esters is 1. The molecule has 0 saturated heterocycles. The van der Waals surface area contributed by atoms with Crippen LogP contribution in [0.1, 0.15) is 40.5 Å². The number of amides is 3. The summed E-state index contributed by atoms with van der Waals surface area (Å²) in [5, 5.41) is 6.64. The van der Waals surface area contributed by atoms with Crippen molar-refractivity contribution in [3.05, 3.63) is 45.4 Å². The van der Waals surface area contributed by atoms with E-state index in [1.165, 1.54) is 4.88 Å². The van der Waals surface area contributed by atoms with E-state index in [-0.39, 0.29) is 6.04 Å². The number of aromatic nitrogens is 1. The Kier molecular flexibility index (Phi) is 6.57. The van der Waals surface area contributed by atoms with Gasteiger partial charge >= 0.3 is 12.0 Å². The summed E-state index contributed by atoms with van der Waals surface area (Å²) in [7, 11) is 0. The van der Waals surface area contributed by atoms with Crippen molar-refractivity contribution in [3.63, 3.8) is 0 Å². The van der Waals surface area contributed by atoms with Gasteiger partial charge in [0, 0.05) is 22.3 Å². The first kappa shape index (κ1) is 19.7. The van der Waals surface area contributed by atoms with Crippen LogP contribution in [0.25, 0.3) is 0 Å². The highest BCUT2D eigenvalue weighted by atomic mass is 32.1. The van der Waals surface area contributed by atoms with Crippen molar-refractivity contribution in [3.8, 4) is 0 Å². The quantitative estimate of drug-likeness (QED) is 0.757. The molecule has 0 fully saturated rings. The van der Waals surface area contributed by atoms with Gasteiger partial charge in [-0.2, -0.15) is 0 Å². The number of carbonyl (C=O) groups is 3. The minimum atomic E-state index is -0.677. The van der Waals surface area contributed by atoms with Crippen LogP contribution in [0.4, 0.5) is 4.79 Å². The molecule has 0 aliphatic heterocycles. The third-order valence-corrected chi connectivity index (χ3v) is 4.56. The number of aryl methyl sites for hydroxylation is 1. The monoisotopic (exact) mass is 377 g/mol. The third-order valence-electron chi connectivity index (χ3n) is 3.69. The van der Waals surface area contributed by atoms with Crippen molar-refractivity contribution in [2.24, 2.45) is 0 Å². The lowest BCUT2D eigenvalue weighted by Crippen LogP contribution is -2.44. The lowest BCUT2D eigenvalue weighted by molar-refractivity contribution is -0.123. The summed E-state index contributed by atoms with van der Waals surface area (Å²) in [5.74, 6) is -1.26. The Bertz CT molecular complexity index is 794. The minimum absolute atomic E-state index is 0.0981. The van der Waals surface area contributed by atoms with Gasteiger partial charge in [-0.15, -0.1) is 11.3 Å². The van der Waals surface area contributed by atoms with Crippen molar-refractivity contribution >= 4 is 29.2 Å². The Morgan fingerprint density at radius 3 is 2.62 bits per heavy atom. The molecular weight excluding hydrogens is 354 g/mol. The number of carbonyl (C=O) groups excluding carboxylic acids is 3. The lowest BCUT2D eigenvalue weighted by atomic mass is 10.2. The first-order chi connectivity index (χ1) is 12.3. The molecule has 0 aliphatic rings. The minimum Gasteiger partial charge on any atom is -0.452 e. The highest BCUT2D eigenvalue weighted by Crippen LogP contribution is 2.19. The van der Waals surface area contributed by atoms with Crippen LogP contribution in [0.2, 0.25) is 0 Å². The summed E-state index contributed by atoms with van der Waals surface area (Å²) in [6.07, 6.45) is 0. The molecule has 0 aliphatic carbocycles. The number of imide groups is 1. The second kappa shape index (κ2) is 8.66. The average Bonchev–Trinajstić information content (AvgIpc) is 3.15. The summed E-state index contributed by atoms with van der Waals surface area (Å²) in [6.45, 7) is 7.47. The highest BCUT2D eigenvalue weighted by molar-refractivity contribution is 7.09. The molecule has 2 rings (SSSR count). The fraction of sp³-hybridized carbons (Fsp3) is 0.389. The van der Waals surface area contributed by atoms with Gasteiger partial charge in [-0.05, 0) is 45.2 Å². The summed E-state index contributed by atoms with van der Waals surface area (Å²) in [4.78, 5) is 36.6. The van der Waals surface area contributed by atoms with Crippen molar-refractivity contribution in [1.29, 1.82) is 0 Å². The zero-order valence-corrected chi connectivity index (χ0v) is 16.1. The van der Waals surface area contributed by atoms with Crippen LogP contribution in [-0.4, -0.2) is 35.1 Å². The third kappa shape index (κ3) is 5.19. The van der Waals surface area contributed by atoms with Gasteiger partial charge < -0.3 is 14.6 Å². The van der Waals surface area contributed by atoms with E-state index in [1.807, 2.05) is 35.9 Å². The number of urea groups is 1. The van der Waals surface area contributed by atoms with Gasteiger partial charge in [-0.1, -0.05) is 6.07 Å². The second-order valence-corrected chi connectivity index (χ2v) is 7.24. The smallest absolute Gasteiger partial charge is 0.340 e. The van der Waals surface area contributed by atoms with E-state index in [1.54, 1.807) is 31.3 Å². The van der Waals surface area contributed by atoms with E-state index in [4.69, 9.17) is 4.74 Å². The topological polar surface area (TPSA) is 89.4 Å². The summed E-state index contributed by atoms with van der Waals surface area (Å²) in [5.41, 5.74) is 2.13. The van der Waals surface area contributed by atoms with Crippen LogP contribution >= 0.6 is 11.3 Å². The molecule has 0 spiro atoms. The van der Waals surface area contributed by atoms with E-state index in [0.717, 1.165) is 11.4 Å². The van der Waals surface area contributed by atoms with Crippen molar-refractivity contribution in [1.82, 2.24) is 15.2 Å². The Labute approximate surface area is 156 Å². The number of thiophene rings is 1. The predicted molar refractivity (Wildman–Crippen MR) is 99.4 cm³/mol. The standard InChI is InChI=1S/C18H23N3O4S/c1-11(2)19-18(24)20-16(22)10-25-17(23)15-8-12(3)21(13(15)4)9-14-6-5-7-26-14/h5-8,11H,9-10H2,1-4H3,(H2,19,20,22,24). The van der Waals surface area contributed by atoms with Crippen molar-refractivity contribution in [2.75, 3.05) is 6.61 Å². The summed E-state index contributed by atoms with van der Waals surface area (Å²) >= 11 is 1.65. The highest BCUT2D eigenvalue weighted by Gasteiger charge is 2.19. The van der Waals surface area contributed by atoms with Crippen LogP contribution in [0, 0.1) is 13.8 Å². The molecular formula is C18H23N3O4S. The van der Waals surface area contributed by atoms with Crippen LogP contribution in [0.5, 0.6) is 0 Å². The normalized spacial score (nSPS) is 10.7. The maximum absolute atomic E-state index is 12.3. The van der Waals surface area contributed by atoms with Gasteiger partial charge in [-0.25, -0.2) is 9.59 Å². The van der Waals surface area contributed by atoms with Gasteiger partial charge in [0.05, 0.1) is 12.1 Å². The molecule has 0 radical (unpaired) electrons. The fourth-order valence-corrected chi connectivity index (χ4v) is 3.17. The van der Waals surface area contributed by atoms with Crippen LogP contribution < -0.4 is 10.6 Å². The number of ether oxygens (including phenoxy) is 1. The zero-order valence-electron chi connectivity index (χ0n) is 15.3. The Morgan fingerprint density at radius 2 is 2.00 bits per heavy atom. The predicted octanol–water partition coefficient (Wildman–Crippen LogP) is 2.61. The SMILES string of the molecule is Cc1cc(C(=O)OCC(=O)NC(=O)NC(C)C)c(C)n1Cc1cccs1. The number of nitrogens with zero attached hydrogens (tertiary/aromatic N) is 1. The summed E-state index contributed by atoms with van der Waals surface area (Å²) < 4.78 is 7.06. The number of hydrogen-bond donors (Lipinski definition) is 2. The molecule has 2 N–H and O–H groups in total. The van der Waals surface area contributed by atoms with Gasteiger partial charge in [0.25, 0.3) is 5.91 Å². The Morgan fingerprint density at radius 1 is 1.27 bits per heavy atom. The molecule has 2 aromatic heterocycles. The van der Waals surface area contributed by atoms with Crippen LogP contribution in [-0.2, 0) is 16.1 Å². The van der Waals surface area contributed by atoms with Gasteiger partial charge in [0.2, 0.25) is 0 Å². The molecule has 140 valence electrons. The number of nitrogens with one attached hydrogen (secondary N) is 2. The zero-order chi connectivity index (χ0) is 19.3. The molecule has 0 unspecified atom stereocenters. The van der Waals surface area contributed by atoms with Gasteiger partial charge in [0.15, 0.2) is 6.61 Å². The summed E-state index contributed by atoms with van der Waals surface area (Å²) in [6, 6.07) is 5.05. The van der Waals surface area contributed by atoms with Crippen molar-refractivity contribution < 1.29 is 19.1 Å². The number of hydrogen-bond acceptors (Lipinski definition) is 5. The van der Waals surface area contributed by atoms with Gasteiger partial charge in [0.1, 0.15) is 0 Å². The van der Waals surface area contributed by atoms with E-state index in [9.17, 15) is 14.4 Å².